The van der Waals surface area contributed by atoms with E-state index >= 15 is 0 Å². The molecule has 0 aliphatic rings. The molecule has 3 nitrogen and oxygen atoms in total. The minimum atomic E-state index is 0.370. The lowest BCUT2D eigenvalue weighted by Gasteiger charge is -2.15. The second-order valence-corrected chi connectivity index (χ2v) is 8.50. The molecule has 1 N–H and O–H groups in total. The summed E-state index contributed by atoms with van der Waals surface area (Å²) >= 11 is 4.59. The fraction of sp³-hybridized carbons (Fsp3) is 0.385. The van der Waals surface area contributed by atoms with Gasteiger partial charge in [0.25, 0.3) is 0 Å². The van der Waals surface area contributed by atoms with Crippen molar-refractivity contribution < 1.29 is 4.79 Å². The molecule has 0 aromatic heterocycles. The lowest BCUT2D eigenvalue weighted by atomic mass is 9.94. The van der Waals surface area contributed by atoms with Gasteiger partial charge in [-0.15, -0.1) is 0 Å². The Morgan fingerprint density at radius 1 is 1.10 bits per heavy atom. The Hall–Kier alpha value is -2.46. The molecule has 0 atom stereocenters. The molecule has 0 heterocycles. The SMILES string of the molecule is C=C(C)c1ccc(C=O)c(C(C)C)c1.CNC(C)=S.Cc1ccc(C)c(N(C)C)c1. The number of aryl methyl sites for hydroxylation is 2. The third kappa shape index (κ3) is 9.84. The van der Waals surface area contributed by atoms with Crippen molar-refractivity contribution >= 4 is 34.8 Å². The van der Waals surface area contributed by atoms with Crippen molar-refractivity contribution in [1.29, 1.82) is 0 Å². The summed E-state index contributed by atoms with van der Waals surface area (Å²) in [6, 6.07) is 12.4. The zero-order valence-corrected chi connectivity index (χ0v) is 20.9. The van der Waals surface area contributed by atoms with Crippen LogP contribution < -0.4 is 10.2 Å². The highest BCUT2D eigenvalue weighted by Gasteiger charge is 2.07. The van der Waals surface area contributed by atoms with Crippen molar-refractivity contribution in [2.75, 3.05) is 26.0 Å². The quantitative estimate of drug-likeness (QED) is 0.442. The molecule has 0 aliphatic carbocycles. The number of nitrogens with one attached hydrogen (secondary N) is 1. The van der Waals surface area contributed by atoms with Crippen LogP contribution in [0, 0.1) is 13.8 Å². The molecule has 4 heteroatoms. The Kier molecular flexibility index (Phi) is 12.6. The molecule has 0 unspecified atom stereocenters. The van der Waals surface area contributed by atoms with Crippen LogP contribution in [-0.4, -0.2) is 32.4 Å². The van der Waals surface area contributed by atoms with Gasteiger partial charge >= 0.3 is 0 Å². The molecule has 164 valence electrons. The number of thiocarbonyl (C=S) groups is 1. The Labute approximate surface area is 189 Å². The van der Waals surface area contributed by atoms with Gasteiger partial charge in [0, 0.05) is 32.4 Å². The number of anilines is 1. The molecule has 2 aromatic carbocycles. The van der Waals surface area contributed by atoms with Gasteiger partial charge in [-0.2, -0.15) is 0 Å². The van der Waals surface area contributed by atoms with E-state index in [1.807, 2.05) is 33.0 Å². The predicted molar refractivity (Wildman–Crippen MR) is 138 cm³/mol. The molecular formula is C26H38N2OS. The van der Waals surface area contributed by atoms with Crippen LogP contribution in [0.2, 0.25) is 0 Å². The minimum Gasteiger partial charge on any atom is -0.383 e. The molecular weight excluding hydrogens is 388 g/mol. The minimum absolute atomic E-state index is 0.370. The van der Waals surface area contributed by atoms with E-state index in [1.54, 1.807) is 0 Å². The standard InChI is InChI=1S/C13H16O.C10H15N.C3H7NS/c1-9(2)11-5-6-12(8-14)13(7-11)10(3)4;1-8-5-6-9(2)10(7-8)11(3)4;1-3(5)4-2/h5-8,10H,1H2,2-4H3;5-7H,1-4H3;1-2H3,(H,4,5). The topological polar surface area (TPSA) is 32.3 Å². The van der Waals surface area contributed by atoms with Gasteiger partial charge in [-0.3, -0.25) is 4.79 Å². The third-order valence-electron chi connectivity index (χ3n) is 4.53. The predicted octanol–water partition coefficient (Wildman–Crippen LogP) is 6.58. The van der Waals surface area contributed by atoms with Crippen LogP contribution in [0.25, 0.3) is 5.57 Å². The number of hydrogen-bond acceptors (Lipinski definition) is 3. The van der Waals surface area contributed by atoms with Crippen molar-refractivity contribution in [2.24, 2.45) is 0 Å². The van der Waals surface area contributed by atoms with Gasteiger partial charge in [0.05, 0.1) is 4.99 Å². The molecule has 0 amide bonds. The zero-order valence-electron chi connectivity index (χ0n) is 20.1. The summed E-state index contributed by atoms with van der Waals surface area (Å²) in [6.07, 6.45) is 0.914. The summed E-state index contributed by atoms with van der Waals surface area (Å²) < 4.78 is 0. The van der Waals surface area contributed by atoms with Gasteiger partial charge in [-0.05, 0) is 61.9 Å². The van der Waals surface area contributed by atoms with Crippen LogP contribution in [0.3, 0.4) is 0 Å². The van der Waals surface area contributed by atoms with E-state index in [4.69, 9.17) is 0 Å². The number of aldehydes is 1. The Balaban J connectivity index is 0.000000468. The van der Waals surface area contributed by atoms with E-state index in [-0.39, 0.29) is 0 Å². The summed E-state index contributed by atoms with van der Waals surface area (Å²) in [7, 11) is 5.95. The molecule has 2 rings (SSSR count). The molecule has 2 aromatic rings. The van der Waals surface area contributed by atoms with E-state index in [1.165, 1.54) is 16.8 Å². The van der Waals surface area contributed by atoms with Crippen molar-refractivity contribution in [3.63, 3.8) is 0 Å². The smallest absolute Gasteiger partial charge is 0.150 e. The first-order chi connectivity index (χ1) is 13.9. The number of carbonyl (C=O) groups excluding carboxylic acids is 1. The maximum absolute atomic E-state index is 10.8. The van der Waals surface area contributed by atoms with Crippen LogP contribution in [0.5, 0.6) is 0 Å². The van der Waals surface area contributed by atoms with E-state index in [2.05, 4.69) is 95.1 Å². The highest BCUT2D eigenvalue weighted by molar-refractivity contribution is 7.80. The van der Waals surface area contributed by atoms with Crippen molar-refractivity contribution in [1.82, 2.24) is 5.32 Å². The van der Waals surface area contributed by atoms with Gasteiger partial charge in [0.15, 0.2) is 0 Å². The summed E-state index contributed by atoms with van der Waals surface area (Å²) in [4.78, 5) is 13.8. The Morgan fingerprint density at radius 3 is 2.03 bits per heavy atom. The van der Waals surface area contributed by atoms with Crippen LogP contribution in [0.15, 0.2) is 43.0 Å². The van der Waals surface area contributed by atoms with E-state index < -0.39 is 0 Å². The fourth-order valence-electron chi connectivity index (χ4n) is 2.65. The summed E-state index contributed by atoms with van der Waals surface area (Å²) in [5.41, 5.74) is 7.99. The lowest BCUT2D eigenvalue weighted by molar-refractivity contribution is 0.112. The second-order valence-electron chi connectivity index (χ2n) is 7.89. The van der Waals surface area contributed by atoms with Crippen molar-refractivity contribution in [2.45, 2.75) is 47.5 Å². The van der Waals surface area contributed by atoms with Crippen molar-refractivity contribution in [3.05, 3.63) is 70.8 Å². The van der Waals surface area contributed by atoms with Gasteiger partial charge in [0.1, 0.15) is 6.29 Å². The first-order valence-corrected chi connectivity index (χ1v) is 10.5. The van der Waals surface area contributed by atoms with Gasteiger partial charge in [-0.1, -0.05) is 68.5 Å². The van der Waals surface area contributed by atoms with Gasteiger partial charge in [0.2, 0.25) is 0 Å². The van der Waals surface area contributed by atoms with Crippen molar-refractivity contribution in [3.8, 4) is 0 Å². The van der Waals surface area contributed by atoms with E-state index in [0.717, 1.165) is 33.5 Å². The first kappa shape index (κ1) is 27.5. The summed E-state index contributed by atoms with van der Waals surface area (Å²) in [6.45, 7) is 16.1. The van der Waals surface area contributed by atoms with Crippen LogP contribution in [0.1, 0.15) is 66.2 Å². The number of allylic oxidation sites excluding steroid dienone is 1. The van der Waals surface area contributed by atoms with E-state index in [9.17, 15) is 4.79 Å². The third-order valence-corrected chi connectivity index (χ3v) is 4.73. The van der Waals surface area contributed by atoms with Crippen LogP contribution in [-0.2, 0) is 0 Å². The molecule has 0 aliphatic heterocycles. The number of hydrogen-bond donors (Lipinski definition) is 1. The Morgan fingerprint density at radius 2 is 1.67 bits per heavy atom. The largest absolute Gasteiger partial charge is 0.383 e. The fourth-order valence-corrected chi connectivity index (χ4v) is 2.65. The molecule has 0 bridgehead atoms. The van der Waals surface area contributed by atoms with Crippen LogP contribution >= 0.6 is 12.2 Å². The number of carbonyl (C=O) groups is 1. The normalized spacial score (nSPS) is 9.53. The number of nitrogens with zero attached hydrogens (tertiary/aromatic N) is 1. The molecule has 0 saturated heterocycles. The highest BCUT2D eigenvalue weighted by atomic mass is 32.1. The number of rotatable bonds is 4. The second kappa shape index (κ2) is 13.7. The average molecular weight is 427 g/mol. The maximum atomic E-state index is 10.8. The number of benzene rings is 2. The maximum Gasteiger partial charge on any atom is 0.150 e. The monoisotopic (exact) mass is 426 g/mol. The highest BCUT2D eigenvalue weighted by Crippen LogP contribution is 2.23. The van der Waals surface area contributed by atoms with E-state index in [0.29, 0.717) is 5.92 Å². The van der Waals surface area contributed by atoms with Gasteiger partial charge in [-0.25, -0.2) is 0 Å². The summed E-state index contributed by atoms with van der Waals surface area (Å²) in [5, 5.41) is 2.76. The van der Waals surface area contributed by atoms with Crippen LogP contribution in [0.4, 0.5) is 5.69 Å². The molecule has 0 fully saturated rings. The summed E-state index contributed by atoms with van der Waals surface area (Å²) in [5.74, 6) is 0.370. The molecule has 0 saturated carbocycles. The zero-order chi connectivity index (χ0) is 23.4. The molecule has 0 spiro atoms. The van der Waals surface area contributed by atoms with Gasteiger partial charge < -0.3 is 10.2 Å². The first-order valence-electron chi connectivity index (χ1n) is 10.1. The molecule has 30 heavy (non-hydrogen) atoms. The Bertz CT molecular complexity index is 854. The molecule has 0 radical (unpaired) electrons. The lowest BCUT2D eigenvalue weighted by Crippen LogP contribution is -2.10. The average Bonchev–Trinajstić information content (AvgIpc) is 2.69.